The Hall–Kier alpha value is -3.74. The molecule has 0 saturated carbocycles. The third-order valence-corrected chi connectivity index (χ3v) is 6.29. The molecule has 0 fully saturated rings. The molecule has 1 aliphatic rings. The highest BCUT2D eigenvalue weighted by atomic mass is 19.4. The number of amides is 1. The van der Waals surface area contributed by atoms with Crippen molar-refractivity contribution in [1.29, 1.82) is 0 Å². The fourth-order valence-corrected chi connectivity index (χ4v) is 4.70. The summed E-state index contributed by atoms with van der Waals surface area (Å²) >= 11 is 0. The maximum Gasteiger partial charge on any atom is 0.419 e. The molecule has 0 spiro atoms. The molecule has 3 aromatic rings. The second-order valence-corrected chi connectivity index (χ2v) is 9.20. The number of aromatic nitrogens is 2. The Morgan fingerprint density at radius 3 is 2.44 bits per heavy atom. The van der Waals surface area contributed by atoms with Crippen LogP contribution in [0, 0.1) is 17.5 Å². The molecule has 4 rings (SSSR count). The van der Waals surface area contributed by atoms with Gasteiger partial charge in [0.2, 0.25) is 0 Å². The van der Waals surface area contributed by atoms with Crippen LogP contribution in [0.4, 0.5) is 32.2 Å². The van der Waals surface area contributed by atoms with Crippen molar-refractivity contribution in [3.8, 4) is 11.4 Å². The summed E-state index contributed by atoms with van der Waals surface area (Å²) in [6.07, 6.45) is -5.42. The number of carbonyl (C=O) groups is 1. The molecule has 7 nitrogen and oxygen atoms in total. The predicted octanol–water partition coefficient (Wildman–Crippen LogP) is 4.02. The Kier molecular flexibility index (Phi) is 5.74. The third-order valence-electron chi connectivity index (χ3n) is 6.29. The van der Waals surface area contributed by atoms with Crippen LogP contribution >= 0.6 is 0 Å². The Morgan fingerprint density at radius 2 is 1.83 bits per heavy atom. The number of aliphatic hydroxyl groups is 1. The van der Waals surface area contributed by atoms with E-state index in [9.17, 15) is 41.4 Å². The van der Waals surface area contributed by atoms with E-state index in [0.29, 0.717) is 6.07 Å². The minimum absolute atomic E-state index is 0.209. The number of aromatic hydroxyl groups is 1. The van der Waals surface area contributed by atoms with Crippen LogP contribution in [-0.2, 0) is 5.41 Å². The number of benzene rings is 2. The maximum atomic E-state index is 14.2. The van der Waals surface area contributed by atoms with Crippen LogP contribution in [0.5, 0.6) is 5.75 Å². The van der Waals surface area contributed by atoms with Gasteiger partial charge in [-0.15, -0.1) is 0 Å². The summed E-state index contributed by atoms with van der Waals surface area (Å²) in [7, 11) is 0. The quantitative estimate of drug-likeness (QED) is 0.395. The minimum atomic E-state index is -5.25. The number of nitrogens with two attached hydrogens (primary N) is 1. The van der Waals surface area contributed by atoms with Gasteiger partial charge in [-0.25, -0.2) is 17.9 Å². The predicted molar refractivity (Wildman–Crippen MR) is 115 cm³/mol. The Balaban J connectivity index is 1.80. The topological polar surface area (TPSA) is 113 Å². The zero-order valence-corrected chi connectivity index (χ0v) is 18.8. The fourth-order valence-electron chi connectivity index (χ4n) is 4.70. The van der Waals surface area contributed by atoms with Crippen molar-refractivity contribution in [2.45, 2.75) is 43.5 Å². The number of hydrogen-bond acceptors (Lipinski definition) is 5. The van der Waals surface area contributed by atoms with Gasteiger partial charge < -0.3 is 21.3 Å². The van der Waals surface area contributed by atoms with Gasteiger partial charge >= 0.3 is 6.18 Å². The molecule has 1 aliphatic carbocycles. The fraction of sp³-hybridized carbons (Fsp3) is 0.304. The van der Waals surface area contributed by atoms with E-state index < -0.39 is 70.1 Å². The van der Waals surface area contributed by atoms with Gasteiger partial charge in [0.1, 0.15) is 22.9 Å². The SMILES string of the molecule is CC1(C)C[C@](O)(C(F)(F)F)[C@H](NC(=O)c2cnn(-c3ccc(F)cc3F)c2N)c2ccc(F)c(O)c21. The maximum absolute atomic E-state index is 14.2. The van der Waals surface area contributed by atoms with Crippen LogP contribution in [0.2, 0.25) is 0 Å². The average molecular weight is 514 g/mol. The molecule has 2 aromatic carbocycles. The van der Waals surface area contributed by atoms with Gasteiger partial charge in [0.25, 0.3) is 5.91 Å². The molecule has 0 unspecified atom stereocenters. The lowest BCUT2D eigenvalue weighted by Crippen LogP contribution is -2.60. The summed E-state index contributed by atoms with van der Waals surface area (Å²) in [4.78, 5) is 13.0. The molecule has 0 bridgehead atoms. The van der Waals surface area contributed by atoms with Crippen molar-refractivity contribution in [3.63, 3.8) is 0 Å². The van der Waals surface area contributed by atoms with E-state index in [1.54, 1.807) is 0 Å². The second kappa shape index (κ2) is 8.15. The van der Waals surface area contributed by atoms with Crippen LogP contribution in [0.1, 0.15) is 47.8 Å². The number of carbonyl (C=O) groups excluding carboxylic acids is 1. The molecule has 0 aliphatic heterocycles. The van der Waals surface area contributed by atoms with E-state index in [4.69, 9.17) is 5.73 Å². The standard InChI is InChI=1S/C23H20F6N4O3/c1-21(2)9-22(36,23(27,28)29)18(11-4-5-13(25)17(34)16(11)21)32-20(35)12-8-31-33(19(12)30)15-6-3-10(24)7-14(15)26/h3-8,18,34,36H,9,30H2,1-2H3,(H,32,35)/t18-,22-/m1/s1. The zero-order valence-electron chi connectivity index (χ0n) is 18.8. The summed E-state index contributed by atoms with van der Waals surface area (Å²) in [6, 6.07) is 1.93. The monoisotopic (exact) mass is 514 g/mol. The van der Waals surface area contributed by atoms with E-state index in [-0.39, 0.29) is 16.8 Å². The Morgan fingerprint density at radius 1 is 1.17 bits per heavy atom. The first kappa shape index (κ1) is 25.4. The molecule has 1 amide bonds. The Bertz CT molecular complexity index is 1370. The van der Waals surface area contributed by atoms with Crippen molar-refractivity contribution in [2.24, 2.45) is 0 Å². The van der Waals surface area contributed by atoms with E-state index >= 15 is 0 Å². The number of nitrogens with one attached hydrogen (secondary N) is 1. The average Bonchev–Trinajstić information content (AvgIpc) is 3.13. The highest BCUT2D eigenvalue weighted by Crippen LogP contribution is 2.55. The third kappa shape index (κ3) is 3.83. The van der Waals surface area contributed by atoms with Crippen molar-refractivity contribution in [3.05, 3.63) is 70.7 Å². The lowest BCUT2D eigenvalue weighted by molar-refractivity contribution is -0.280. The van der Waals surface area contributed by atoms with Gasteiger partial charge in [0.05, 0.1) is 12.2 Å². The van der Waals surface area contributed by atoms with Crippen LogP contribution in [0.3, 0.4) is 0 Å². The van der Waals surface area contributed by atoms with Crippen LogP contribution in [0.25, 0.3) is 5.69 Å². The molecule has 0 saturated heterocycles. The number of fused-ring (bicyclic) bond motifs is 1. The number of rotatable bonds is 3. The minimum Gasteiger partial charge on any atom is -0.505 e. The number of hydrogen-bond donors (Lipinski definition) is 4. The smallest absolute Gasteiger partial charge is 0.419 e. The number of nitrogens with zero attached hydrogens (tertiary/aromatic N) is 2. The first-order chi connectivity index (χ1) is 16.6. The normalized spacial score (nSPS) is 21.2. The van der Waals surface area contributed by atoms with E-state index in [1.807, 2.05) is 0 Å². The van der Waals surface area contributed by atoms with Crippen LogP contribution in [0.15, 0.2) is 36.5 Å². The van der Waals surface area contributed by atoms with Crippen molar-refractivity contribution < 1.29 is 41.4 Å². The van der Waals surface area contributed by atoms with E-state index in [2.05, 4.69) is 10.4 Å². The molecule has 5 N–H and O–H groups in total. The molecular formula is C23H20F6N4O3. The molecule has 1 heterocycles. The summed E-state index contributed by atoms with van der Waals surface area (Å²) in [5, 5.41) is 27.0. The molecule has 2 atom stereocenters. The first-order valence-corrected chi connectivity index (χ1v) is 10.5. The highest BCUT2D eigenvalue weighted by molar-refractivity contribution is 5.99. The van der Waals surface area contributed by atoms with Gasteiger partial charge in [-0.3, -0.25) is 4.79 Å². The molecule has 192 valence electrons. The van der Waals surface area contributed by atoms with Gasteiger partial charge in [-0.2, -0.15) is 18.3 Å². The number of halogens is 6. The number of phenolic OH excluding ortho intramolecular Hbond substituents is 1. The largest absolute Gasteiger partial charge is 0.505 e. The van der Waals surface area contributed by atoms with Crippen molar-refractivity contribution in [2.75, 3.05) is 5.73 Å². The number of phenols is 1. The number of anilines is 1. The highest BCUT2D eigenvalue weighted by Gasteiger charge is 2.64. The number of alkyl halides is 3. The van der Waals surface area contributed by atoms with E-state index in [0.717, 1.165) is 35.1 Å². The lowest BCUT2D eigenvalue weighted by Gasteiger charge is -2.48. The van der Waals surface area contributed by atoms with Gasteiger partial charge in [0, 0.05) is 11.6 Å². The molecule has 0 radical (unpaired) electrons. The lowest BCUT2D eigenvalue weighted by atomic mass is 9.63. The summed E-state index contributed by atoms with van der Waals surface area (Å²) in [5.41, 5.74) is -0.535. The van der Waals surface area contributed by atoms with Gasteiger partial charge in [-0.05, 0) is 35.6 Å². The Labute approximate surface area is 200 Å². The summed E-state index contributed by atoms with van der Waals surface area (Å²) in [5.74, 6) is -5.64. The van der Waals surface area contributed by atoms with E-state index in [1.165, 1.54) is 13.8 Å². The number of nitrogen functional groups attached to an aromatic ring is 1. The van der Waals surface area contributed by atoms with Crippen LogP contribution < -0.4 is 11.1 Å². The second-order valence-electron chi connectivity index (χ2n) is 9.20. The molecule has 1 aromatic heterocycles. The molecule has 13 heteroatoms. The zero-order chi connectivity index (χ0) is 26.8. The summed E-state index contributed by atoms with van der Waals surface area (Å²) in [6.45, 7) is 2.58. The van der Waals surface area contributed by atoms with Gasteiger partial charge in [-0.1, -0.05) is 19.9 Å². The first-order valence-electron chi connectivity index (χ1n) is 10.5. The summed E-state index contributed by atoms with van der Waals surface area (Å²) < 4.78 is 84.8. The van der Waals surface area contributed by atoms with Crippen molar-refractivity contribution in [1.82, 2.24) is 15.1 Å². The van der Waals surface area contributed by atoms with Crippen molar-refractivity contribution >= 4 is 11.7 Å². The van der Waals surface area contributed by atoms with Gasteiger partial charge in [0.15, 0.2) is 23.0 Å². The van der Waals surface area contributed by atoms with Crippen LogP contribution in [-0.4, -0.2) is 37.7 Å². The molecular weight excluding hydrogens is 494 g/mol. The molecule has 36 heavy (non-hydrogen) atoms.